The Morgan fingerprint density at radius 1 is 0.574 bits per heavy atom. The summed E-state index contributed by atoms with van der Waals surface area (Å²) < 4.78 is 6.97. The average molecular weight is 662 g/mol. The zero-order valence-corrected chi connectivity index (χ0v) is 33.4. The van der Waals surface area contributed by atoms with Gasteiger partial charge in [0.1, 0.15) is 6.10 Å². The van der Waals surface area contributed by atoms with Crippen LogP contribution in [0, 0.1) is 17.3 Å². The molecule has 3 heterocycles. The van der Waals surface area contributed by atoms with Crippen LogP contribution in [0.15, 0.2) is 0 Å². The van der Waals surface area contributed by atoms with Gasteiger partial charge in [-0.2, -0.15) is 0 Å². The number of rotatable bonds is 12. The van der Waals surface area contributed by atoms with Crippen LogP contribution in [0.5, 0.6) is 0 Å². The van der Waals surface area contributed by atoms with E-state index in [1.165, 1.54) is 0 Å². The minimum absolute atomic E-state index is 0.0528. The number of hydrogen-bond acceptors (Lipinski definition) is 6. The minimum Gasteiger partial charge on any atom is -0.481 e. The van der Waals surface area contributed by atoms with Gasteiger partial charge >= 0.3 is 11.9 Å². The van der Waals surface area contributed by atoms with E-state index in [0.29, 0.717) is 0 Å². The molecule has 0 spiro atoms. The van der Waals surface area contributed by atoms with Gasteiger partial charge in [-0.1, -0.05) is 25.7 Å². The van der Waals surface area contributed by atoms with Crippen LogP contribution < -0.4 is 0 Å². The highest BCUT2D eigenvalue weighted by molar-refractivity contribution is 5.78. The normalized spacial score (nSPS) is 27.0. The Bertz CT molecular complexity index is 1010. The smallest absolute Gasteiger partial charge is 0.312 e. The first kappa shape index (κ1) is 40.3. The zero-order valence-electron chi connectivity index (χ0n) is 33.4. The number of carboxylic acids is 1. The minimum atomic E-state index is -0.716. The van der Waals surface area contributed by atoms with Crippen molar-refractivity contribution in [3.8, 4) is 0 Å². The second-order valence-corrected chi connectivity index (χ2v) is 19.9. The third-order valence-corrected chi connectivity index (χ3v) is 14.0. The molecule has 0 aromatic heterocycles. The number of carboxylic acid groups (broad SMARTS) is 1. The number of unbranched alkanes of at least 4 members (excludes halogenated alkanes) is 4. The van der Waals surface area contributed by atoms with Gasteiger partial charge in [-0.05, 0) is 155 Å². The van der Waals surface area contributed by atoms with Gasteiger partial charge in [-0.15, -0.1) is 0 Å². The summed E-state index contributed by atoms with van der Waals surface area (Å²) in [5.41, 5.74) is -0.942. The Morgan fingerprint density at radius 3 is 1.26 bits per heavy atom. The summed E-state index contributed by atoms with van der Waals surface area (Å²) in [4.78, 5) is 34.2. The van der Waals surface area contributed by atoms with Crippen LogP contribution in [-0.2, 0) is 14.3 Å². The fourth-order valence-electron chi connectivity index (χ4n) is 10.5. The number of nitrogens with zero attached hydrogens (tertiary/aromatic N) is 3. The lowest BCUT2D eigenvalue weighted by Crippen LogP contribution is -2.66. The molecule has 7 nitrogen and oxygen atoms in total. The molecule has 0 aliphatic carbocycles. The molecule has 0 aromatic rings. The second-order valence-electron chi connectivity index (χ2n) is 19.9. The van der Waals surface area contributed by atoms with Crippen LogP contribution in [0.4, 0.5) is 0 Å². The summed E-state index contributed by atoms with van der Waals surface area (Å²) in [7, 11) is 6.74. The molecule has 0 bridgehead atoms. The van der Waals surface area contributed by atoms with E-state index in [0.717, 1.165) is 77.0 Å². The molecule has 3 saturated heterocycles. The molecule has 3 aliphatic rings. The van der Waals surface area contributed by atoms with E-state index in [2.05, 4.69) is 119 Å². The van der Waals surface area contributed by atoms with Crippen LogP contribution in [0.2, 0.25) is 0 Å². The van der Waals surface area contributed by atoms with E-state index in [4.69, 9.17) is 9.84 Å². The van der Waals surface area contributed by atoms with Crippen molar-refractivity contribution in [3.05, 3.63) is 0 Å². The predicted octanol–water partition coefficient (Wildman–Crippen LogP) is 8.78. The molecule has 0 amide bonds. The first-order chi connectivity index (χ1) is 21.2. The molecule has 3 rings (SSSR count). The summed E-state index contributed by atoms with van der Waals surface area (Å²) in [6.45, 7) is 28.1. The molecule has 274 valence electrons. The molecule has 47 heavy (non-hydrogen) atoms. The maximum absolute atomic E-state index is 15.6. The highest BCUT2D eigenvalue weighted by atomic mass is 16.5. The van der Waals surface area contributed by atoms with Gasteiger partial charge in [-0.25, -0.2) is 0 Å². The Labute approximate surface area is 289 Å². The van der Waals surface area contributed by atoms with E-state index in [1.54, 1.807) is 0 Å². The number of hydrogen-bond donors (Lipinski definition) is 1. The molecule has 0 radical (unpaired) electrons. The summed E-state index contributed by atoms with van der Waals surface area (Å²) in [6.07, 6.45) is 11.2. The summed E-state index contributed by atoms with van der Waals surface area (Å²) >= 11 is 0. The highest BCUT2D eigenvalue weighted by Crippen LogP contribution is 2.59. The van der Waals surface area contributed by atoms with Gasteiger partial charge in [0.15, 0.2) is 0 Å². The Morgan fingerprint density at radius 2 is 0.894 bits per heavy atom. The largest absolute Gasteiger partial charge is 0.481 e. The molecule has 0 unspecified atom stereocenters. The van der Waals surface area contributed by atoms with E-state index < -0.39 is 11.4 Å². The topological polar surface area (TPSA) is 73.3 Å². The maximum atomic E-state index is 15.6. The number of carbonyl (C=O) groups excluding carboxylic acids is 1. The number of aliphatic carboxylic acids is 1. The molecule has 7 heteroatoms. The third kappa shape index (κ3) is 8.59. The van der Waals surface area contributed by atoms with Crippen LogP contribution in [0.25, 0.3) is 0 Å². The fourth-order valence-corrected chi connectivity index (χ4v) is 10.5. The van der Waals surface area contributed by atoms with E-state index >= 15 is 4.79 Å². The number of piperidine rings is 3. The number of esters is 1. The average Bonchev–Trinajstić information content (AvgIpc) is 2.89. The quantitative estimate of drug-likeness (QED) is 0.166. The number of likely N-dealkylation sites (tertiary alicyclic amines) is 3. The van der Waals surface area contributed by atoms with Crippen molar-refractivity contribution in [1.29, 1.82) is 0 Å². The lowest BCUT2D eigenvalue weighted by molar-refractivity contribution is -0.194. The first-order valence-corrected chi connectivity index (χ1v) is 18.9. The Kier molecular flexibility index (Phi) is 11.9. The molecule has 3 aliphatic heterocycles. The SMILES string of the molecule is CN1C(C)(C)CC(OC(=O)C(CCCCCCCC(=O)O)(C2CC(C)(C)N(C)C(C)(C)C2)C2CC(C)(C)N(C)C(C)(C)C2)CC1(C)C. The molecule has 0 atom stereocenters. The van der Waals surface area contributed by atoms with Crippen LogP contribution in [0.3, 0.4) is 0 Å². The van der Waals surface area contributed by atoms with Gasteiger partial charge in [0.25, 0.3) is 0 Å². The van der Waals surface area contributed by atoms with Gasteiger partial charge in [0.2, 0.25) is 0 Å². The van der Waals surface area contributed by atoms with Gasteiger partial charge in [-0.3, -0.25) is 24.3 Å². The van der Waals surface area contributed by atoms with E-state index in [9.17, 15) is 4.79 Å². The highest BCUT2D eigenvalue weighted by Gasteiger charge is 2.61. The predicted molar refractivity (Wildman–Crippen MR) is 195 cm³/mol. The molecule has 1 N–H and O–H groups in total. The third-order valence-electron chi connectivity index (χ3n) is 14.0. The molecular formula is C40H75N3O4. The first-order valence-electron chi connectivity index (χ1n) is 18.9. The molecule has 0 saturated carbocycles. The molecule has 3 fully saturated rings. The number of carbonyl (C=O) groups is 2. The zero-order chi connectivity index (χ0) is 36.0. The lowest BCUT2D eigenvalue weighted by Gasteiger charge is -2.62. The summed E-state index contributed by atoms with van der Waals surface area (Å²) in [6, 6.07) is 0. The molecular weight excluding hydrogens is 586 g/mol. The number of ether oxygens (including phenoxy) is 1. The van der Waals surface area contributed by atoms with Crippen molar-refractivity contribution < 1.29 is 19.4 Å². The van der Waals surface area contributed by atoms with Crippen molar-refractivity contribution in [1.82, 2.24) is 14.7 Å². The van der Waals surface area contributed by atoms with Crippen LogP contribution in [-0.4, -0.2) is 92.2 Å². The van der Waals surface area contributed by atoms with Crippen molar-refractivity contribution in [2.75, 3.05) is 21.1 Å². The van der Waals surface area contributed by atoms with E-state index in [1.807, 2.05) is 0 Å². The summed E-state index contributed by atoms with van der Waals surface area (Å²) in [5, 5.41) is 9.13. The second kappa shape index (κ2) is 13.9. The van der Waals surface area contributed by atoms with Crippen molar-refractivity contribution in [2.45, 2.75) is 206 Å². The van der Waals surface area contributed by atoms with Crippen LogP contribution in [0.1, 0.15) is 167 Å². The molecule has 0 aromatic carbocycles. The van der Waals surface area contributed by atoms with Crippen molar-refractivity contribution in [3.63, 3.8) is 0 Å². The fraction of sp³-hybridized carbons (Fsp3) is 0.950. The maximum Gasteiger partial charge on any atom is 0.312 e. The Balaban J connectivity index is 2.12. The van der Waals surface area contributed by atoms with Gasteiger partial charge in [0, 0.05) is 52.5 Å². The van der Waals surface area contributed by atoms with Gasteiger partial charge < -0.3 is 9.84 Å². The van der Waals surface area contributed by atoms with E-state index in [-0.39, 0.29) is 63.6 Å². The summed E-state index contributed by atoms with van der Waals surface area (Å²) in [5.74, 6) is -0.246. The monoisotopic (exact) mass is 662 g/mol. The van der Waals surface area contributed by atoms with Gasteiger partial charge in [0.05, 0.1) is 5.41 Å². The van der Waals surface area contributed by atoms with Crippen LogP contribution >= 0.6 is 0 Å². The van der Waals surface area contributed by atoms with Crippen molar-refractivity contribution >= 4 is 11.9 Å². The lowest BCUT2D eigenvalue weighted by atomic mass is 9.52. The standard InChI is InChI=1S/C40H75N3O4/c1-34(2)23-29(24-35(3,4)41(34)13)40(22-20-18-16-17-19-21-32(44)45,30-25-36(5,6)42(14)37(7,8)26-30)33(46)47-31-27-38(9,10)43(15)39(11,12)28-31/h29-31H,16-28H2,1-15H3,(H,44,45). The van der Waals surface area contributed by atoms with Crippen molar-refractivity contribution in [2.24, 2.45) is 17.3 Å². The Hall–Kier alpha value is -1.18.